The third-order valence-electron chi connectivity index (χ3n) is 4.11. The molecule has 2 aromatic carbocycles. The normalized spacial score (nSPS) is 14.7. The van der Waals surface area contributed by atoms with Gasteiger partial charge in [-0.25, -0.2) is 4.39 Å². The predicted octanol–water partition coefficient (Wildman–Crippen LogP) is 3.15. The van der Waals surface area contributed by atoms with E-state index in [1.165, 1.54) is 11.1 Å². The fraction of sp³-hybridized carbons (Fsp3) is 0.333. The van der Waals surface area contributed by atoms with Crippen LogP contribution in [0.5, 0.6) is 0 Å². The van der Waals surface area contributed by atoms with E-state index in [0.717, 1.165) is 37.2 Å². The van der Waals surface area contributed by atoms with E-state index in [1.54, 1.807) is 12.1 Å². The highest BCUT2D eigenvalue weighted by molar-refractivity contribution is 5.50. The first-order chi connectivity index (χ1) is 10.3. The van der Waals surface area contributed by atoms with E-state index in [9.17, 15) is 4.39 Å². The van der Waals surface area contributed by atoms with Gasteiger partial charge in [0.25, 0.3) is 0 Å². The molecule has 0 unspecified atom stereocenters. The van der Waals surface area contributed by atoms with Crippen LogP contribution in [-0.2, 0) is 19.4 Å². The third kappa shape index (κ3) is 3.24. The molecule has 2 nitrogen and oxygen atoms in total. The number of benzene rings is 2. The summed E-state index contributed by atoms with van der Waals surface area (Å²) in [6.45, 7) is 2.58. The Morgan fingerprint density at radius 1 is 1.05 bits per heavy atom. The summed E-state index contributed by atoms with van der Waals surface area (Å²) in [4.78, 5) is 2.29. The van der Waals surface area contributed by atoms with Crippen molar-refractivity contribution in [2.45, 2.75) is 19.4 Å². The van der Waals surface area contributed by atoms with Gasteiger partial charge in [-0.1, -0.05) is 24.3 Å². The van der Waals surface area contributed by atoms with Gasteiger partial charge in [0, 0.05) is 25.3 Å². The highest BCUT2D eigenvalue weighted by atomic mass is 19.1. The molecule has 0 atom stereocenters. The standard InChI is InChI=1S/C18H21FN2/c1-20-13-14-10-17(19)12-18(11-14)21-8-6-15-4-2-3-5-16(15)7-9-21/h2-5,10-12,20H,6-9,13H2,1H3. The van der Waals surface area contributed by atoms with Crippen molar-refractivity contribution in [2.24, 2.45) is 0 Å². The van der Waals surface area contributed by atoms with Crippen LogP contribution in [0.15, 0.2) is 42.5 Å². The van der Waals surface area contributed by atoms with Crippen LogP contribution in [0.4, 0.5) is 10.1 Å². The van der Waals surface area contributed by atoms with E-state index in [0.29, 0.717) is 6.54 Å². The van der Waals surface area contributed by atoms with Crippen molar-refractivity contribution in [2.75, 3.05) is 25.0 Å². The molecule has 0 saturated heterocycles. The maximum Gasteiger partial charge on any atom is 0.125 e. The monoisotopic (exact) mass is 284 g/mol. The average Bonchev–Trinajstić information content (AvgIpc) is 2.69. The Morgan fingerprint density at radius 2 is 1.71 bits per heavy atom. The highest BCUT2D eigenvalue weighted by Gasteiger charge is 2.15. The number of nitrogens with one attached hydrogen (secondary N) is 1. The summed E-state index contributed by atoms with van der Waals surface area (Å²) in [5.74, 6) is -0.153. The quantitative estimate of drug-likeness (QED) is 0.931. The van der Waals surface area contributed by atoms with Gasteiger partial charge in [-0.05, 0) is 54.8 Å². The van der Waals surface area contributed by atoms with Gasteiger partial charge in [0.05, 0.1) is 0 Å². The van der Waals surface area contributed by atoms with E-state index in [2.05, 4.69) is 40.5 Å². The Morgan fingerprint density at radius 3 is 2.33 bits per heavy atom. The van der Waals surface area contributed by atoms with Crippen molar-refractivity contribution >= 4 is 5.69 Å². The maximum absolute atomic E-state index is 13.8. The zero-order valence-corrected chi connectivity index (χ0v) is 12.4. The molecule has 0 aromatic heterocycles. The van der Waals surface area contributed by atoms with Gasteiger partial charge in [-0.3, -0.25) is 0 Å². The van der Waals surface area contributed by atoms with Crippen molar-refractivity contribution < 1.29 is 4.39 Å². The second-order valence-corrected chi connectivity index (χ2v) is 5.60. The largest absolute Gasteiger partial charge is 0.371 e. The lowest BCUT2D eigenvalue weighted by Crippen LogP contribution is -2.26. The van der Waals surface area contributed by atoms with E-state index in [4.69, 9.17) is 0 Å². The van der Waals surface area contributed by atoms with E-state index < -0.39 is 0 Å². The SMILES string of the molecule is CNCc1cc(F)cc(N2CCc3ccccc3CC2)c1. The molecule has 21 heavy (non-hydrogen) atoms. The first kappa shape index (κ1) is 14.1. The molecular weight excluding hydrogens is 263 g/mol. The number of halogens is 1. The number of hydrogen-bond acceptors (Lipinski definition) is 2. The first-order valence-electron chi connectivity index (χ1n) is 7.52. The van der Waals surface area contributed by atoms with Gasteiger partial charge >= 0.3 is 0 Å². The summed E-state index contributed by atoms with van der Waals surface area (Å²) < 4.78 is 13.8. The molecule has 0 fully saturated rings. The Balaban J connectivity index is 1.82. The lowest BCUT2D eigenvalue weighted by molar-refractivity contribution is 0.622. The first-order valence-corrected chi connectivity index (χ1v) is 7.52. The molecule has 2 aromatic rings. The summed E-state index contributed by atoms with van der Waals surface area (Å²) in [6.07, 6.45) is 2.04. The van der Waals surface area contributed by atoms with Crippen LogP contribution in [0.3, 0.4) is 0 Å². The minimum Gasteiger partial charge on any atom is -0.371 e. The van der Waals surface area contributed by atoms with Crippen molar-refractivity contribution in [3.05, 3.63) is 65.0 Å². The van der Waals surface area contributed by atoms with Crippen LogP contribution in [0, 0.1) is 5.82 Å². The molecule has 0 bridgehead atoms. The van der Waals surface area contributed by atoms with Crippen molar-refractivity contribution in [1.82, 2.24) is 5.32 Å². The highest BCUT2D eigenvalue weighted by Crippen LogP contribution is 2.23. The topological polar surface area (TPSA) is 15.3 Å². The lowest BCUT2D eigenvalue weighted by atomic mass is 10.0. The zero-order valence-electron chi connectivity index (χ0n) is 12.4. The van der Waals surface area contributed by atoms with Gasteiger partial charge in [-0.15, -0.1) is 0 Å². The molecule has 1 aliphatic rings. The Labute approximate surface area is 125 Å². The van der Waals surface area contributed by atoms with Gasteiger partial charge in [0.2, 0.25) is 0 Å². The van der Waals surface area contributed by atoms with Crippen molar-refractivity contribution in [1.29, 1.82) is 0 Å². The number of anilines is 1. The molecule has 1 heterocycles. The molecule has 0 saturated carbocycles. The average molecular weight is 284 g/mol. The molecule has 110 valence electrons. The zero-order chi connectivity index (χ0) is 14.7. The minimum atomic E-state index is -0.153. The van der Waals surface area contributed by atoms with Crippen LogP contribution in [0.25, 0.3) is 0 Å². The molecule has 0 spiro atoms. The molecule has 0 aliphatic carbocycles. The maximum atomic E-state index is 13.8. The number of rotatable bonds is 3. The van der Waals surface area contributed by atoms with Crippen LogP contribution in [0.2, 0.25) is 0 Å². The second kappa shape index (κ2) is 6.27. The Hall–Kier alpha value is -1.87. The van der Waals surface area contributed by atoms with E-state index in [1.807, 2.05) is 7.05 Å². The van der Waals surface area contributed by atoms with E-state index >= 15 is 0 Å². The number of nitrogens with zero attached hydrogens (tertiary/aromatic N) is 1. The Bertz CT molecular complexity index is 597. The smallest absolute Gasteiger partial charge is 0.125 e. The third-order valence-corrected chi connectivity index (χ3v) is 4.11. The van der Waals surface area contributed by atoms with Crippen molar-refractivity contribution in [3.63, 3.8) is 0 Å². The van der Waals surface area contributed by atoms with Crippen LogP contribution >= 0.6 is 0 Å². The summed E-state index contributed by atoms with van der Waals surface area (Å²) in [6, 6.07) is 14.0. The molecule has 3 heteroatoms. The van der Waals surface area contributed by atoms with Gasteiger partial charge in [0.15, 0.2) is 0 Å². The predicted molar refractivity (Wildman–Crippen MR) is 85.2 cm³/mol. The van der Waals surface area contributed by atoms with Crippen LogP contribution in [0.1, 0.15) is 16.7 Å². The molecule has 0 amide bonds. The van der Waals surface area contributed by atoms with Gasteiger partial charge < -0.3 is 10.2 Å². The van der Waals surface area contributed by atoms with E-state index in [-0.39, 0.29) is 5.82 Å². The summed E-state index contributed by atoms with van der Waals surface area (Å²) in [5.41, 5.74) is 4.83. The summed E-state index contributed by atoms with van der Waals surface area (Å²) >= 11 is 0. The van der Waals surface area contributed by atoms with Crippen LogP contribution < -0.4 is 10.2 Å². The Kier molecular flexibility index (Phi) is 4.20. The summed E-state index contributed by atoms with van der Waals surface area (Å²) in [7, 11) is 1.88. The van der Waals surface area contributed by atoms with Crippen LogP contribution in [-0.4, -0.2) is 20.1 Å². The minimum absolute atomic E-state index is 0.153. The number of hydrogen-bond donors (Lipinski definition) is 1. The summed E-state index contributed by atoms with van der Waals surface area (Å²) in [5, 5.41) is 3.08. The molecule has 1 N–H and O–H groups in total. The van der Waals surface area contributed by atoms with Crippen molar-refractivity contribution in [3.8, 4) is 0 Å². The van der Waals surface area contributed by atoms with Gasteiger partial charge in [-0.2, -0.15) is 0 Å². The second-order valence-electron chi connectivity index (χ2n) is 5.60. The molecule has 3 rings (SSSR count). The fourth-order valence-electron chi connectivity index (χ4n) is 3.05. The van der Waals surface area contributed by atoms with Gasteiger partial charge in [0.1, 0.15) is 5.82 Å². The molecule has 0 radical (unpaired) electrons. The number of fused-ring (bicyclic) bond motifs is 1. The fourth-order valence-corrected chi connectivity index (χ4v) is 3.05. The lowest BCUT2D eigenvalue weighted by Gasteiger charge is -2.23. The molecule has 1 aliphatic heterocycles. The molecular formula is C18H21FN2.